The second kappa shape index (κ2) is 3.20. The quantitative estimate of drug-likeness (QED) is 0.462. The van der Waals surface area contributed by atoms with E-state index in [4.69, 9.17) is 10.7 Å². The first-order valence-corrected chi connectivity index (χ1v) is 5.49. The highest BCUT2D eigenvalue weighted by Gasteiger charge is 2.39. The lowest BCUT2D eigenvalue weighted by Gasteiger charge is -2.33. The van der Waals surface area contributed by atoms with Crippen LogP contribution in [-0.4, -0.2) is 38.9 Å². The van der Waals surface area contributed by atoms with Crippen molar-refractivity contribution in [3.63, 3.8) is 0 Å². The number of carbonyl (C=O) groups excluding carboxylic acids is 1. The van der Waals surface area contributed by atoms with Crippen molar-refractivity contribution in [3.8, 4) is 0 Å². The summed E-state index contributed by atoms with van der Waals surface area (Å²) in [5.41, 5.74) is 0. The summed E-state index contributed by atoms with van der Waals surface area (Å²) in [5, 5.41) is 0. The van der Waals surface area contributed by atoms with E-state index in [2.05, 4.69) is 4.74 Å². The topological polar surface area (TPSA) is 63.7 Å². The first-order chi connectivity index (χ1) is 5.45. The number of esters is 1. The smallest absolute Gasteiger partial charge is 0.311 e. The fraction of sp³-hybridized carbons (Fsp3) is 0.800. The Bertz CT molecular complexity index is 282. The van der Waals surface area contributed by atoms with Gasteiger partial charge in [-0.3, -0.25) is 4.79 Å². The van der Waals surface area contributed by atoms with E-state index in [1.54, 1.807) is 0 Å². The van der Waals surface area contributed by atoms with Gasteiger partial charge in [0.15, 0.2) is 0 Å². The average Bonchev–Trinajstić information content (AvgIpc) is 1.80. The van der Waals surface area contributed by atoms with Gasteiger partial charge in [0.1, 0.15) is 0 Å². The third-order valence-corrected chi connectivity index (χ3v) is 3.19. The lowest BCUT2D eigenvalue weighted by molar-refractivity contribution is -0.149. The van der Waals surface area contributed by atoms with E-state index < -0.39 is 15.2 Å². The van der Waals surface area contributed by atoms with E-state index in [-0.39, 0.29) is 19.0 Å². The normalized spacial score (nSPS) is 20.2. The first kappa shape index (κ1) is 9.76. The molecular weight excluding hydrogens is 206 g/mol. The molecule has 70 valence electrons. The molecule has 0 aromatic rings. The molecule has 0 N–H and O–H groups in total. The minimum Gasteiger partial charge on any atom is -0.469 e. The van der Waals surface area contributed by atoms with Crippen LogP contribution in [-0.2, 0) is 18.8 Å². The van der Waals surface area contributed by atoms with Crippen molar-refractivity contribution in [2.45, 2.75) is 0 Å². The largest absolute Gasteiger partial charge is 0.469 e. The number of ether oxygens (including phenoxy) is 1. The SMILES string of the molecule is COC(=O)C1CN(S(=O)(=O)Cl)C1. The van der Waals surface area contributed by atoms with Crippen LogP contribution in [0.1, 0.15) is 0 Å². The molecule has 1 aliphatic heterocycles. The Morgan fingerprint density at radius 2 is 2.08 bits per heavy atom. The molecule has 5 nitrogen and oxygen atoms in total. The summed E-state index contributed by atoms with van der Waals surface area (Å²) in [6.45, 7) is 0.247. The van der Waals surface area contributed by atoms with E-state index in [1.165, 1.54) is 7.11 Å². The van der Waals surface area contributed by atoms with Crippen molar-refractivity contribution in [3.05, 3.63) is 0 Å². The third kappa shape index (κ3) is 1.88. The molecule has 12 heavy (non-hydrogen) atoms. The number of carbonyl (C=O) groups is 1. The van der Waals surface area contributed by atoms with Gasteiger partial charge in [-0.05, 0) is 0 Å². The number of nitrogens with zero attached hydrogens (tertiary/aromatic N) is 1. The Labute approximate surface area is 74.8 Å². The Hall–Kier alpha value is -0.330. The molecule has 0 amide bonds. The number of hydrogen-bond donors (Lipinski definition) is 0. The Balaban J connectivity index is 2.44. The van der Waals surface area contributed by atoms with Gasteiger partial charge in [-0.15, -0.1) is 0 Å². The summed E-state index contributed by atoms with van der Waals surface area (Å²) in [4.78, 5) is 10.8. The van der Waals surface area contributed by atoms with Gasteiger partial charge in [-0.1, -0.05) is 0 Å². The summed E-state index contributed by atoms with van der Waals surface area (Å²) in [6.07, 6.45) is 0. The molecule has 1 heterocycles. The third-order valence-electron chi connectivity index (χ3n) is 1.69. The molecule has 0 aromatic carbocycles. The van der Waals surface area contributed by atoms with Gasteiger partial charge >= 0.3 is 5.97 Å². The van der Waals surface area contributed by atoms with Crippen LogP contribution in [0.4, 0.5) is 0 Å². The molecule has 0 spiro atoms. The summed E-state index contributed by atoms with van der Waals surface area (Å²) >= 11 is 0. The van der Waals surface area contributed by atoms with Crippen molar-refractivity contribution < 1.29 is 17.9 Å². The van der Waals surface area contributed by atoms with Gasteiger partial charge in [0.2, 0.25) is 0 Å². The van der Waals surface area contributed by atoms with Crippen molar-refractivity contribution in [1.82, 2.24) is 4.31 Å². The predicted molar refractivity (Wildman–Crippen MR) is 41.9 cm³/mol. The monoisotopic (exact) mass is 213 g/mol. The van der Waals surface area contributed by atoms with Gasteiger partial charge in [-0.2, -0.15) is 12.7 Å². The fourth-order valence-corrected chi connectivity index (χ4v) is 1.99. The van der Waals surface area contributed by atoms with Crippen LogP contribution in [0.25, 0.3) is 0 Å². The van der Waals surface area contributed by atoms with Crippen LogP contribution >= 0.6 is 10.7 Å². The zero-order valence-electron chi connectivity index (χ0n) is 6.36. The van der Waals surface area contributed by atoms with Crippen LogP contribution < -0.4 is 0 Å². The first-order valence-electron chi connectivity index (χ1n) is 3.22. The van der Waals surface area contributed by atoms with E-state index >= 15 is 0 Å². The van der Waals surface area contributed by atoms with Crippen LogP contribution in [0, 0.1) is 5.92 Å². The Morgan fingerprint density at radius 3 is 2.42 bits per heavy atom. The molecule has 1 aliphatic rings. The molecule has 1 saturated heterocycles. The second-order valence-electron chi connectivity index (χ2n) is 2.48. The summed E-state index contributed by atoms with van der Waals surface area (Å²) in [6, 6.07) is 0. The van der Waals surface area contributed by atoms with Crippen molar-refractivity contribution >= 4 is 25.9 Å². The van der Waals surface area contributed by atoms with E-state index in [0.717, 1.165) is 4.31 Å². The number of hydrogen-bond acceptors (Lipinski definition) is 4. The molecule has 1 rings (SSSR count). The summed E-state index contributed by atoms with van der Waals surface area (Å²) in [7, 11) is 2.62. The zero-order valence-corrected chi connectivity index (χ0v) is 7.93. The highest BCUT2D eigenvalue weighted by molar-refractivity contribution is 8.11. The van der Waals surface area contributed by atoms with Gasteiger partial charge in [-0.25, -0.2) is 0 Å². The van der Waals surface area contributed by atoms with E-state index in [1.807, 2.05) is 0 Å². The second-order valence-corrected chi connectivity index (χ2v) is 4.99. The van der Waals surface area contributed by atoms with Crippen LogP contribution in [0.2, 0.25) is 0 Å². The van der Waals surface area contributed by atoms with Crippen molar-refractivity contribution in [2.75, 3.05) is 20.2 Å². The Kier molecular flexibility index (Phi) is 2.60. The van der Waals surface area contributed by atoms with Gasteiger partial charge in [0, 0.05) is 23.8 Å². The number of methoxy groups -OCH3 is 1. The van der Waals surface area contributed by atoms with Crippen LogP contribution in [0.5, 0.6) is 0 Å². The van der Waals surface area contributed by atoms with Gasteiger partial charge in [0.25, 0.3) is 9.24 Å². The lowest BCUT2D eigenvalue weighted by Crippen LogP contribution is -2.51. The highest BCUT2D eigenvalue weighted by atomic mass is 35.7. The van der Waals surface area contributed by atoms with Gasteiger partial charge < -0.3 is 4.74 Å². The average molecular weight is 214 g/mol. The van der Waals surface area contributed by atoms with E-state index in [0.29, 0.717) is 0 Å². The van der Waals surface area contributed by atoms with Crippen molar-refractivity contribution in [1.29, 1.82) is 0 Å². The molecule has 7 heteroatoms. The molecule has 0 aromatic heterocycles. The molecule has 0 bridgehead atoms. The fourth-order valence-electron chi connectivity index (χ4n) is 0.932. The molecule has 0 unspecified atom stereocenters. The van der Waals surface area contributed by atoms with Gasteiger partial charge in [0.05, 0.1) is 13.0 Å². The Morgan fingerprint density at radius 1 is 1.58 bits per heavy atom. The molecule has 0 aliphatic carbocycles. The number of rotatable bonds is 2. The van der Waals surface area contributed by atoms with Crippen LogP contribution in [0.15, 0.2) is 0 Å². The maximum atomic E-state index is 10.8. The molecule has 0 atom stereocenters. The van der Waals surface area contributed by atoms with Crippen molar-refractivity contribution in [2.24, 2.45) is 5.92 Å². The summed E-state index contributed by atoms with van der Waals surface area (Å²) in [5.74, 6) is -0.755. The standard InChI is InChI=1S/C5H8ClNO4S/c1-11-5(8)4-2-7(3-4)12(6,9)10/h4H,2-3H2,1H3. The molecule has 0 saturated carbocycles. The summed E-state index contributed by atoms with van der Waals surface area (Å²) < 4.78 is 26.6. The maximum Gasteiger partial charge on any atom is 0.311 e. The molecule has 0 radical (unpaired) electrons. The maximum absolute atomic E-state index is 10.8. The molecule has 1 fully saturated rings. The predicted octanol–water partition coefficient (Wildman–Crippen LogP) is -0.425. The highest BCUT2D eigenvalue weighted by Crippen LogP contribution is 2.22. The minimum atomic E-state index is -3.64. The zero-order chi connectivity index (χ0) is 9.35. The van der Waals surface area contributed by atoms with E-state index in [9.17, 15) is 13.2 Å². The van der Waals surface area contributed by atoms with Crippen LogP contribution in [0.3, 0.4) is 0 Å². The number of halogens is 1. The lowest BCUT2D eigenvalue weighted by atomic mass is 10.0. The minimum absolute atomic E-state index is 0.124. The molecular formula is C5H8ClNO4S.